The van der Waals surface area contributed by atoms with Gasteiger partial charge in [-0.1, -0.05) is 28.1 Å². The van der Waals surface area contributed by atoms with Gasteiger partial charge in [0, 0.05) is 33.9 Å². The lowest BCUT2D eigenvalue weighted by Gasteiger charge is -2.13. The Morgan fingerprint density at radius 2 is 1.79 bits per heavy atom. The predicted octanol–water partition coefficient (Wildman–Crippen LogP) is 4.01. The molecule has 0 radical (unpaired) electrons. The van der Waals surface area contributed by atoms with Gasteiger partial charge in [0.2, 0.25) is 0 Å². The summed E-state index contributed by atoms with van der Waals surface area (Å²) in [5.41, 5.74) is 1.73. The largest absolute Gasteiger partial charge is 0.265 e. The summed E-state index contributed by atoms with van der Waals surface area (Å²) in [5.74, 6) is 0. The highest BCUT2D eigenvalue weighted by molar-refractivity contribution is 9.10. The molecule has 0 amide bonds. The fourth-order valence-electron chi connectivity index (χ4n) is 2.12. The maximum atomic E-state index is 12.5. The lowest BCUT2D eigenvalue weighted by Crippen LogP contribution is -2.27. The molecule has 2 aromatic heterocycles. The number of sulfonamides is 1. The van der Waals surface area contributed by atoms with Crippen LogP contribution in [0, 0.1) is 0 Å². The highest BCUT2D eigenvalue weighted by Crippen LogP contribution is 2.27. The van der Waals surface area contributed by atoms with Gasteiger partial charge in [0.15, 0.2) is 5.03 Å². The normalized spacial score (nSPS) is 12.9. The maximum Gasteiger partial charge on any atom is 0.259 e. The third-order valence-electron chi connectivity index (χ3n) is 3.39. The van der Waals surface area contributed by atoms with Gasteiger partial charge < -0.3 is 0 Å². The summed E-state index contributed by atoms with van der Waals surface area (Å²) >= 11 is 4.68. The van der Waals surface area contributed by atoms with Crippen molar-refractivity contribution in [3.05, 3.63) is 64.2 Å². The summed E-state index contributed by atoms with van der Waals surface area (Å²) in [5, 5.41) is 2.25. The first-order chi connectivity index (χ1) is 11.5. The zero-order valence-corrected chi connectivity index (χ0v) is 15.9. The van der Waals surface area contributed by atoms with Gasteiger partial charge in [0.05, 0.1) is 0 Å². The molecule has 24 heavy (non-hydrogen) atoms. The van der Waals surface area contributed by atoms with Crippen molar-refractivity contribution in [2.24, 2.45) is 0 Å². The monoisotopic (exact) mass is 423 g/mol. The smallest absolute Gasteiger partial charge is 0.259 e. The van der Waals surface area contributed by atoms with Gasteiger partial charge in [-0.15, -0.1) is 11.3 Å². The van der Waals surface area contributed by atoms with E-state index in [0.29, 0.717) is 5.01 Å². The highest BCUT2D eigenvalue weighted by atomic mass is 79.9. The van der Waals surface area contributed by atoms with Crippen LogP contribution in [0.5, 0.6) is 0 Å². The van der Waals surface area contributed by atoms with Crippen molar-refractivity contribution in [3.63, 3.8) is 0 Å². The quantitative estimate of drug-likeness (QED) is 0.672. The second-order valence-corrected chi connectivity index (χ2v) is 8.56. The highest BCUT2D eigenvalue weighted by Gasteiger charge is 2.21. The molecule has 1 aromatic carbocycles. The zero-order chi connectivity index (χ0) is 17.2. The van der Waals surface area contributed by atoms with E-state index >= 15 is 0 Å². The van der Waals surface area contributed by atoms with Gasteiger partial charge in [-0.2, -0.15) is 0 Å². The minimum absolute atomic E-state index is 0.0336. The standard InChI is InChI=1S/C16H14BrN3O2S2/c1-11(12-6-8-18-9-7-12)20-24(21,22)15-10-23-16(19-15)13-2-4-14(17)5-3-13/h2-11,20H,1H3/t11-/m0/s1. The summed E-state index contributed by atoms with van der Waals surface area (Å²) in [4.78, 5) is 8.20. The topological polar surface area (TPSA) is 72.0 Å². The number of nitrogens with one attached hydrogen (secondary N) is 1. The predicted molar refractivity (Wildman–Crippen MR) is 98.2 cm³/mol. The minimum atomic E-state index is -3.68. The molecule has 124 valence electrons. The van der Waals surface area contributed by atoms with Crippen molar-refractivity contribution in [2.75, 3.05) is 0 Å². The lowest BCUT2D eigenvalue weighted by molar-refractivity contribution is 0.564. The van der Waals surface area contributed by atoms with Crippen molar-refractivity contribution >= 4 is 37.3 Å². The van der Waals surface area contributed by atoms with Crippen LogP contribution < -0.4 is 4.72 Å². The number of aromatic nitrogens is 2. The molecular formula is C16H14BrN3O2S2. The average Bonchev–Trinajstić information content (AvgIpc) is 3.07. The Bertz CT molecular complexity index is 925. The number of hydrogen-bond donors (Lipinski definition) is 1. The van der Waals surface area contributed by atoms with Crippen molar-refractivity contribution in [1.82, 2.24) is 14.7 Å². The maximum absolute atomic E-state index is 12.5. The molecule has 0 aliphatic carbocycles. The fraction of sp³-hybridized carbons (Fsp3) is 0.125. The molecular weight excluding hydrogens is 410 g/mol. The van der Waals surface area contributed by atoms with Crippen LogP contribution in [0.2, 0.25) is 0 Å². The van der Waals surface area contributed by atoms with Gasteiger partial charge >= 0.3 is 0 Å². The minimum Gasteiger partial charge on any atom is -0.265 e. The van der Waals surface area contributed by atoms with Gasteiger partial charge in [-0.25, -0.2) is 18.1 Å². The van der Waals surface area contributed by atoms with Crippen LogP contribution in [0.1, 0.15) is 18.5 Å². The first-order valence-corrected chi connectivity index (χ1v) is 10.2. The number of rotatable bonds is 5. The molecule has 5 nitrogen and oxygen atoms in total. The van der Waals surface area contributed by atoms with Crippen molar-refractivity contribution in [1.29, 1.82) is 0 Å². The first-order valence-electron chi connectivity index (χ1n) is 7.09. The molecule has 0 saturated carbocycles. The van der Waals surface area contributed by atoms with Crippen LogP contribution in [0.3, 0.4) is 0 Å². The van der Waals surface area contributed by atoms with Gasteiger partial charge in [0.1, 0.15) is 5.01 Å². The van der Waals surface area contributed by atoms with Crippen LogP contribution in [0.4, 0.5) is 0 Å². The van der Waals surface area contributed by atoms with Crippen LogP contribution in [0.25, 0.3) is 10.6 Å². The van der Waals surface area contributed by atoms with Gasteiger partial charge in [-0.05, 0) is 36.8 Å². The Morgan fingerprint density at radius 1 is 1.12 bits per heavy atom. The SMILES string of the molecule is C[C@H](NS(=O)(=O)c1csc(-c2ccc(Br)cc2)n1)c1ccncc1. The summed E-state index contributed by atoms with van der Waals surface area (Å²) in [7, 11) is -3.68. The van der Waals surface area contributed by atoms with Crippen LogP contribution in [0.15, 0.2) is 63.7 Å². The molecule has 2 heterocycles. The van der Waals surface area contributed by atoms with Gasteiger partial charge in [0.25, 0.3) is 10.0 Å². The summed E-state index contributed by atoms with van der Waals surface area (Å²) in [6.45, 7) is 1.79. The first kappa shape index (κ1) is 17.2. The van der Waals surface area contributed by atoms with E-state index in [1.54, 1.807) is 36.8 Å². The molecule has 3 rings (SSSR count). The molecule has 3 aromatic rings. The molecule has 1 atom stereocenters. The molecule has 0 unspecified atom stereocenters. The van der Waals surface area contributed by atoms with E-state index in [-0.39, 0.29) is 11.1 Å². The number of hydrogen-bond acceptors (Lipinski definition) is 5. The van der Waals surface area contributed by atoms with E-state index in [1.807, 2.05) is 24.3 Å². The van der Waals surface area contributed by atoms with Crippen LogP contribution in [-0.4, -0.2) is 18.4 Å². The molecule has 0 bridgehead atoms. The van der Waals surface area contributed by atoms with E-state index in [4.69, 9.17) is 0 Å². The molecule has 8 heteroatoms. The Morgan fingerprint density at radius 3 is 2.46 bits per heavy atom. The number of halogens is 1. The third kappa shape index (κ3) is 3.89. The average molecular weight is 424 g/mol. The zero-order valence-electron chi connectivity index (χ0n) is 12.7. The second-order valence-electron chi connectivity index (χ2n) is 5.12. The van der Waals surface area contributed by atoms with Gasteiger partial charge in [-0.3, -0.25) is 4.98 Å². The van der Waals surface area contributed by atoms with Crippen LogP contribution >= 0.6 is 27.3 Å². The Hall–Kier alpha value is -1.61. The molecule has 0 saturated heterocycles. The Balaban J connectivity index is 1.82. The molecule has 0 spiro atoms. The van der Waals surface area contributed by atoms with Crippen molar-refractivity contribution < 1.29 is 8.42 Å². The Kier molecular flexibility index (Phi) is 5.09. The summed E-state index contributed by atoms with van der Waals surface area (Å²) < 4.78 is 28.7. The van der Waals surface area contributed by atoms with E-state index in [1.165, 1.54) is 11.3 Å². The lowest BCUT2D eigenvalue weighted by atomic mass is 10.1. The molecule has 0 aliphatic heterocycles. The summed E-state index contributed by atoms with van der Waals surface area (Å²) in [6, 6.07) is 10.8. The van der Waals surface area contributed by atoms with E-state index in [9.17, 15) is 8.42 Å². The van der Waals surface area contributed by atoms with E-state index in [0.717, 1.165) is 15.6 Å². The molecule has 0 aliphatic rings. The molecule has 1 N–H and O–H groups in total. The second kappa shape index (κ2) is 7.10. The van der Waals surface area contributed by atoms with Crippen LogP contribution in [-0.2, 0) is 10.0 Å². The number of nitrogens with zero attached hydrogens (tertiary/aromatic N) is 2. The fourth-order valence-corrected chi connectivity index (χ4v) is 4.72. The third-order valence-corrected chi connectivity index (χ3v) is 6.38. The van der Waals surface area contributed by atoms with E-state index in [2.05, 4.69) is 30.6 Å². The molecule has 0 fully saturated rings. The van der Waals surface area contributed by atoms with Crippen molar-refractivity contribution in [2.45, 2.75) is 18.0 Å². The number of pyridine rings is 1. The van der Waals surface area contributed by atoms with Crippen molar-refractivity contribution in [3.8, 4) is 10.6 Å². The number of benzene rings is 1. The summed E-state index contributed by atoms with van der Waals surface area (Å²) in [6.07, 6.45) is 3.27. The Labute approximate surface area is 153 Å². The van der Waals surface area contributed by atoms with E-state index < -0.39 is 10.0 Å². The number of thiazole rings is 1.